The van der Waals surface area contributed by atoms with Gasteiger partial charge in [0, 0.05) is 29.1 Å². The minimum absolute atomic E-state index is 0.147. The van der Waals surface area contributed by atoms with Crippen LogP contribution in [-0.2, 0) is 10.4 Å². The molecule has 3 rings (SSSR count). The molecule has 2 heterocycles. The molecule has 0 fully saturated rings. The summed E-state index contributed by atoms with van der Waals surface area (Å²) in [5.41, 5.74) is 2.28. The molecule has 1 unspecified atom stereocenters. The van der Waals surface area contributed by atoms with E-state index < -0.39 is 0 Å². The van der Waals surface area contributed by atoms with Gasteiger partial charge in [0.1, 0.15) is 0 Å². The Morgan fingerprint density at radius 3 is 3.07 bits per heavy atom. The zero-order chi connectivity index (χ0) is 10.3. The van der Waals surface area contributed by atoms with Crippen LogP contribution < -0.4 is 0 Å². The van der Waals surface area contributed by atoms with Gasteiger partial charge in [-0.05, 0) is 13.0 Å². The number of thioether (sulfide) groups is 1. The highest BCUT2D eigenvalue weighted by Crippen LogP contribution is 2.47. The summed E-state index contributed by atoms with van der Waals surface area (Å²) in [6.07, 6.45) is 2.01. The van der Waals surface area contributed by atoms with Gasteiger partial charge in [-0.1, -0.05) is 23.4 Å². The standard InChI is InChI=1S/C12H13NOS/c1-9-8-12(14-13-9)6-7-15-11-5-3-2-4-10(11)12/h2-5H,6-8H2,1H3. The third kappa shape index (κ3) is 1.37. The smallest absolute Gasteiger partial charge is 0.169 e. The molecule has 1 atom stereocenters. The average Bonchev–Trinajstić information content (AvgIpc) is 2.62. The van der Waals surface area contributed by atoms with E-state index in [0.29, 0.717) is 0 Å². The maximum atomic E-state index is 5.69. The van der Waals surface area contributed by atoms with Crippen LogP contribution in [0.25, 0.3) is 0 Å². The summed E-state index contributed by atoms with van der Waals surface area (Å²) in [4.78, 5) is 7.05. The Kier molecular flexibility index (Phi) is 2.02. The predicted octanol–water partition coefficient (Wildman–Crippen LogP) is 3.17. The van der Waals surface area contributed by atoms with Gasteiger partial charge in [-0.25, -0.2) is 0 Å². The van der Waals surface area contributed by atoms with Crippen molar-refractivity contribution in [1.82, 2.24) is 0 Å². The van der Waals surface area contributed by atoms with Crippen molar-refractivity contribution in [2.24, 2.45) is 5.16 Å². The zero-order valence-electron chi connectivity index (χ0n) is 8.69. The SMILES string of the molecule is CC1=NOC2(CCSc3ccccc32)C1. The molecule has 0 aromatic heterocycles. The summed E-state index contributed by atoms with van der Waals surface area (Å²) in [5.74, 6) is 1.12. The Bertz CT molecular complexity index is 429. The van der Waals surface area contributed by atoms with Crippen molar-refractivity contribution in [3.05, 3.63) is 29.8 Å². The first-order chi connectivity index (χ1) is 7.30. The molecule has 1 aromatic carbocycles. The molecule has 0 radical (unpaired) electrons. The summed E-state index contributed by atoms with van der Waals surface area (Å²) in [6, 6.07) is 8.53. The molecule has 2 aliphatic rings. The molecule has 0 N–H and O–H groups in total. The fourth-order valence-electron chi connectivity index (χ4n) is 2.35. The molecule has 3 heteroatoms. The van der Waals surface area contributed by atoms with Gasteiger partial charge in [0.2, 0.25) is 0 Å². The van der Waals surface area contributed by atoms with E-state index in [1.165, 1.54) is 10.5 Å². The van der Waals surface area contributed by atoms with Gasteiger partial charge >= 0.3 is 0 Å². The number of fused-ring (bicyclic) bond motifs is 2. The molecule has 0 aliphatic carbocycles. The normalized spacial score (nSPS) is 28.5. The quantitative estimate of drug-likeness (QED) is 0.668. The third-order valence-electron chi connectivity index (χ3n) is 3.06. The van der Waals surface area contributed by atoms with Gasteiger partial charge in [0.15, 0.2) is 5.60 Å². The van der Waals surface area contributed by atoms with E-state index in [-0.39, 0.29) is 5.60 Å². The van der Waals surface area contributed by atoms with Crippen LogP contribution in [0.4, 0.5) is 0 Å². The number of nitrogens with zero attached hydrogens (tertiary/aromatic N) is 1. The predicted molar refractivity (Wildman–Crippen MR) is 62.3 cm³/mol. The van der Waals surface area contributed by atoms with E-state index >= 15 is 0 Å². The monoisotopic (exact) mass is 219 g/mol. The minimum Gasteiger partial charge on any atom is -0.384 e. The average molecular weight is 219 g/mol. The first-order valence-corrected chi connectivity index (χ1v) is 6.23. The molecule has 78 valence electrons. The molecule has 0 saturated carbocycles. The van der Waals surface area contributed by atoms with Crippen LogP contribution in [0.15, 0.2) is 34.3 Å². The summed E-state index contributed by atoms with van der Waals surface area (Å²) < 4.78 is 0. The van der Waals surface area contributed by atoms with Gasteiger partial charge in [-0.2, -0.15) is 0 Å². The molecule has 2 nitrogen and oxygen atoms in total. The molecule has 1 aromatic rings. The molecular weight excluding hydrogens is 206 g/mol. The second kappa shape index (κ2) is 3.27. The summed E-state index contributed by atoms with van der Waals surface area (Å²) in [7, 11) is 0. The topological polar surface area (TPSA) is 21.6 Å². The Morgan fingerprint density at radius 2 is 2.27 bits per heavy atom. The minimum atomic E-state index is -0.147. The van der Waals surface area contributed by atoms with E-state index in [1.807, 2.05) is 18.7 Å². The Labute approximate surface area is 93.7 Å². The largest absolute Gasteiger partial charge is 0.384 e. The lowest BCUT2D eigenvalue weighted by Gasteiger charge is -2.32. The van der Waals surface area contributed by atoms with Gasteiger partial charge in [0.25, 0.3) is 0 Å². The molecular formula is C12H13NOS. The van der Waals surface area contributed by atoms with Gasteiger partial charge in [-0.3, -0.25) is 0 Å². The third-order valence-corrected chi connectivity index (χ3v) is 4.13. The Morgan fingerprint density at radius 1 is 1.40 bits per heavy atom. The molecule has 1 spiro atoms. The Hall–Kier alpha value is -0.960. The maximum absolute atomic E-state index is 5.69. The first-order valence-electron chi connectivity index (χ1n) is 5.24. The van der Waals surface area contributed by atoms with Crippen LogP contribution in [0.1, 0.15) is 25.3 Å². The van der Waals surface area contributed by atoms with E-state index in [2.05, 4.69) is 29.4 Å². The van der Waals surface area contributed by atoms with E-state index in [4.69, 9.17) is 4.84 Å². The highest BCUT2D eigenvalue weighted by atomic mass is 32.2. The first kappa shape index (κ1) is 9.28. The van der Waals surface area contributed by atoms with Crippen LogP contribution >= 0.6 is 11.8 Å². The lowest BCUT2D eigenvalue weighted by Crippen LogP contribution is -2.30. The lowest BCUT2D eigenvalue weighted by molar-refractivity contribution is -0.0287. The second-order valence-corrected chi connectivity index (χ2v) is 5.32. The molecule has 15 heavy (non-hydrogen) atoms. The number of hydrogen-bond donors (Lipinski definition) is 0. The molecule has 2 aliphatic heterocycles. The maximum Gasteiger partial charge on any atom is 0.169 e. The zero-order valence-corrected chi connectivity index (χ0v) is 9.51. The van der Waals surface area contributed by atoms with E-state index in [0.717, 1.165) is 24.3 Å². The van der Waals surface area contributed by atoms with Gasteiger partial charge in [0.05, 0.1) is 5.71 Å². The fraction of sp³-hybridized carbons (Fsp3) is 0.417. The summed E-state index contributed by atoms with van der Waals surface area (Å²) in [5, 5.41) is 4.12. The fourth-order valence-corrected chi connectivity index (χ4v) is 3.59. The van der Waals surface area contributed by atoms with E-state index in [9.17, 15) is 0 Å². The van der Waals surface area contributed by atoms with Crippen LogP contribution in [-0.4, -0.2) is 11.5 Å². The van der Waals surface area contributed by atoms with Crippen molar-refractivity contribution < 1.29 is 4.84 Å². The van der Waals surface area contributed by atoms with Crippen molar-refractivity contribution in [3.63, 3.8) is 0 Å². The van der Waals surface area contributed by atoms with Crippen LogP contribution in [0, 0.1) is 0 Å². The molecule has 0 saturated heterocycles. The van der Waals surface area contributed by atoms with Crippen molar-refractivity contribution in [1.29, 1.82) is 0 Å². The highest BCUT2D eigenvalue weighted by Gasteiger charge is 2.43. The van der Waals surface area contributed by atoms with Crippen LogP contribution in [0.5, 0.6) is 0 Å². The van der Waals surface area contributed by atoms with Crippen LogP contribution in [0.3, 0.4) is 0 Å². The van der Waals surface area contributed by atoms with Gasteiger partial charge < -0.3 is 4.84 Å². The van der Waals surface area contributed by atoms with Crippen molar-refractivity contribution in [2.45, 2.75) is 30.3 Å². The Balaban J connectivity index is 2.07. The van der Waals surface area contributed by atoms with Gasteiger partial charge in [-0.15, -0.1) is 11.8 Å². The van der Waals surface area contributed by atoms with Crippen molar-refractivity contribution in [3.8, 4) is 0 Å². The number of benzene rings is 1. The number of oxime groups is 1. The highest BCUT2D eigenvalue weighted by molar-refractivity contribution is 7.99. The second-order valence-electron chi connectivity index (χ2n) is 4.18. The molecule has 0 amide bonds. The molecule has 0 bridgehead atoms. The van der Waals surface area contributed by atoms with Crippen molar-refractivity contribution >= 4 is 17.5 Å². The number of rotatable bonds is 0. The van der Waals surface area contributed by atoms with E-state index in [1.54, 1.807) is 0 Å². The number of hydrogen-bond acceptors (Lipinski definition) is 3. The van der Waals surface area contributed by atoms with Crippen molar-refractivity contribution in [2.75, 3.05) is 5.75 Å². The lowest BCUT2D eigenvalue weighted by atomic mass is 9.86. The van der Waals surface area contributed by atoms with Crippen LogP contribution in [0.2, 0.25) is 0 Å². The summed E-state index contributed by atoms with van der Waals surface area (Å²) in [6.45, 7) is 2.04. The summed E-state index contributed by atoms with van der Waals surface area (Å²) >= 11 is 1.92.